The minimum Gasteiger partial charge on any atom is -0.304 e. The van der Waals surface area contributed by atoms with Gasteiger partial charge < -0.3 is 5.32 Å². The topological polar surface area (TPSA) is 48.7 Å². The number of hydrogen-bond donors (Lipinski definition) is 1. The smallest absolute Gasteiger partial charge is 0.109 e. The van der Waals surface area contributed by atoms with Crippen molar-refractivity contribution in [2.75, 3.05) is 0 Å². The molecule has 3 unspecified atom stereocenters. The Labute approximate surface area is 113 Å². The Hall–Kier alpha value is -0.920. The number of aryl methyl sites for hydroxylation is 1. The van der Waals surface area contributed by atoms with E-state index in [0.29, 0.717) is 6.04 Å². The minimum atomic E-state index is 0.163. The summed E-state index contributed by atoms with van der Waals surface area (Å²) in [7, 11) is 0. The summed E-state index contributed by atoms with van der Waals surface area (Å²) >= 11 is 1.74. The van der Waals surface area contributed by atoms with Gasteiger partial charge in [-0.05, 0) is 26.7 Å². The van der Waals surface area contributed by atoms with Crippen LogP contribution in [0.3, 0.4) is 0 Å². The number of rotatable bonds is 3. The van der Waals surface area contributed by atoms with Gasteiger partial charge in [0.25, 0.3) is 0 Å². The average Bonchev–Trinajstić information content (AvgIpc) is 2.67. The molecule has 1 aromatic heterocycles. The van der Waals surface area contributed by atoms with Gasteiger partial charge in [0.05, 0.1) is 18.0 Å². The lowest BCUT2D eigenvalue weighted by Gasteiger charge is -2.24. The van der Waals surface area contributed by atoms with Crippen molar-refractivity contribution in [2.45, 2.75) is 58.0 Å². The van der Waals surface area contributed by atoms with Crippen LogP contribution in [-0.2, 0) is 0 Å². The highest BCUT2D eigenvalue weighted by molar-refractivity contribution is 7.11. The number of nitrogens with zero attached hydrogens (tertiary/aromatic N) is 2. The fourth-order valence-corrected chi connectivity index (χ4v) is 3.41. The molecule has 0 spiro atoms. The Bertz CT molecular complexity index is 421. The zero-order chi connectivity index (χ0) is 13.0. The Morgan fingerprint density at radius 1 is 1.44 bits per heavy atom. The van der Waals surface area contributed by atoms with Crippen molar-refractivity contribution in [2.24, 2.45) is 5.92 Å². The van der Waals surface area contributed by atoms with Gasteiger partial charge in [-0.1, -0.05) is 19.3 Å². The van der Waals surface area contributed by atoms with E-state index in [1.165, 1.54) is 24.1 Å². The van der Waals surface area contributed by atoms with E-state index in [0.717, 1.165) is 17.8 Å². The third-order valence-electron chi connectivity index (χ3n) is 3.66. The molecule has 1 aliphatic rings. The molecule has 1 heterocycles. The van der Waals surface area contributed by atoms with Crippen LogP contribution in [0.4, 0.5) is 0 Å². The molecule has 0 aromatic carbocycles. The summed E-state index contributed by atoms with van der Waals surface area (Å²) in [5, 5.41) is 14.0. The van der Waals surface area contributed by atoms with E-state index in [9.17, 15) is 5.26 Å². The second kappa shape index (κ2) is 6.31. The first-order valence-corrected chi connectivity index (χ1v) is 7.60. The Morgan fingerprint density at radius 3 is 2.89 bits per heavy atom. The van der Waals surface area contributed by atoms with Gasteiger partial charge in [0.1, 0.15) is 5.01 Å². The molecule has 0 amide bonds. The van der Waals surface area contributed by atoms with E-state index in [-0.39, 0.29) is 12.0 Å². The molecule has 1 aromatic rings. The van der Waals surface area contributed by atoms with Crippen molar-refractivity contribution in [3.05, 3.63) is 16.1 Å². The van der Waals surface area contributed by atoms with Gasteiger partial charge in [-0.3, -0.25) is 0 Å². The second-order valence-corrected chi connectivity index (χ2v) is 6.44. The van der Waals surface area contributed by atoms with Gasteiger partial charge in [0.15, 0.2) is 0 Å². The summed E-state index contributed by atoms with van der Waals surface area (Å²) in [4.78, 5) is 5.68. The second-order valence-electron chi connectivity index (χ2n) is 5.18. The van der Waals surface area contributed by atoms with Crippen molar-refractivity contribution in [1.29, 1.82) is 5.26 Å². The first-order valence-electron chi connectivity index (χ1n) is 6.78. The number of hydrogen-bond acceptors (Lipinski definition) is 4. The standard InChI is InChI=1S/C14H21N3S/c1-10-9-16-14(18-10)11(2)17-13-7-5-3-4-6-12(13)8-15/h9,11-13,17H,3-7H2,1-2H3. The molecular weight excluding hydrogens is 242 g/mol. The van der Waals surface area contributed by atoms with Crippen LogP contribution in [0.25, 0.3) is 0 Å². The van der Waals surface area contributed by atoms with Crippen LogP contribution in [0.2, 0.25) is 0 Å². The molecule has 1 aliphatic carbocycles. The lowest BCUT2D eigenvalue weighted by molar-refractivity contribution is 0.361. The highest BCUT2D eigenvalue weighted by atomic mass is 32.1. The van der Waals surface area contributed by atoms with Gasteiger partial charge in [-0.2, -0.15) is 5.26 Å². The molecule has 98 valence electrons. The SMILES string of the molecule is Cc1cnc(C(C)NC2CCCCCC2C#N)s1. The van der Waals surface area contributed by atoms with E-state index < -0.39 is 0 Å². The Morgan fingerprint density at radius 2 is 2.22 bits per heavy atom. The summed E-state index contributed by atoms with van der Waals surface area (Å²) < 4.78 is 0. The summed E-state index contributed by atoms with van der Waals surface area (Å²) in [6.07, 6.45) is 7.78. The lowest BCUT2D eigenvalue weighted by Crippen LogP contribution is -2.36. The molecule has 0 aliphatic heterocycles. The van der Waals surface area contributed by atoms with E-state index >= 15 is 0 Å². The molecule has 1 fully saturated rings. The average molecular weight is 263 g/mol. The summed E-state index contributed by atoms with van der Waals surface area (Å²) in [6.45, 7) is 4.23. The Balaban J connectivity index is 2.00. The minimum absolute atomic E-state index is 0.163. The maximum absolute atomic E-state index is 9.27. The van der Waals surface area contributed by atoms with Gasteiger partial charge in [0.2, 0.25) is 0 Å². The first kappa shape index (κ1) is 13.5. The molecule has 2 rings (SSSR count). The van der Waals surface area contributed by atoms with Crippen molar-refractivity contribution in [3.8, 4) is 6.07 Å². The predicted molar refractivity (Wildman–Crippen MR) is 74.4 cm³/mol. The molecule has 3 nitrogen and oxygen atoms in total. The molecule has 1 N–H and O–H groups in total. The number of aromatic nitrogens is 1. The largest absolute Gasteiger partial charge is 0.304 e. The third-order valence-corrected chi connectivity index (χ3v) is 4.75. The van der Waals surface area contributed by atoms with Crippen LogP contribution in [0, 0.1) is 24.2 Å². The number of nitrogens with one attached hydrogen (secondary N) is 1. The molecule has 0 saturated heterocycles. The molecule has 4 heteroatoms. The molecule has 0 radical (unpaired) electrons. The zero-order valence-corrected chi connectivity index (χ0v) is 12.0. The lowest BCUT2D eigenvalue weighted by atomic mass is 9.96. The maximum Gasteiger partial charge on any atom is 0.109 e. The first-order chi connectivity index (χ1) is 8.70. The summed E-state index contributed by atoms with van der Waals surface area (Å²) in [6, 6.07) is 3.06. The van der Waals surface area contributed by atoms with Crippen LogP contribution in [0.1, 0.15) is 55.0 Å². The van der Waals surface area contributed by atoms with Crippen LogP contribution >= 0.6 is 11.3 Å². The van der Waals surface area contributed by atoms with Crippen LogP contribution in [-0.4, -0.2) is 11.0 Å². The van der Waals surface area contributed by atoms with Crippen molar-refractivity contribution < 1.29 is 0 Å². The highest BCUT2D eigenvalue weighted by Crippen LogP contribution is 2.26. The molecule has 1 saturated carbocycles. The van der Waals surface area contributed by atoms with E-state index in [1.807, 2.05) is 6.20 Å². The zero-order valence-electron chi connectivity index (χ0n) is 11.1. The molecule has 18 heavy (non-hydrogen) atoms. The molecule has 3 atom stereocenters. The predicted octanol–water partition coefficient (Wildman–Crippen LogP) is 3.57. The van der Waals surface area contributed by atoms with Crippen molar-refractivity contribution >= 4 is 11.3 Å². The number of thiazole rings is 1. The quantitative estimate of drug-likeness (QED) is 0.848. The van der Waals surface area contributed by atoms with Crippen LogP contribution < -0.4 is 5.32 Å². The third kappa shape index (κ3) is 3.30. The molecule has 0 bridgehead atoms. The number of nitriles is 1. The maximum atomic E-state index is 9.27. The van der Waals surface area contributed by atoms with E-state index in [1.54, 1.807) is 11.3 Å². The van der Waals surface area contributed by atoms with E-state index in [2.05, 4.69) is 30.2 Å². The van der Waals surface area contributed by atoms with Crippen LogP contribution in [0.15, 0.2) is 6.20 Å². The van der Waals surface area contributed by atoms with Crippen molar-refractivity contribution in [1.82, 2.24) is 10.3 Å². The van der Waals surface area contributed by atoms with Gasteiger partial charge in [0, 0.05) is 17.1 Å². The molecular formula is C14H21N3S. The van der Waals surface area contributed by atoms with E-state index in [4.69, 9.17) is 0 Å². The van der Waals surface area contributed by atoms with Gasteiger partial charge in [-0.15, -0.1) is 11.3 Å². The summed E-state index contributed by atoms with van der Waals surface area (Å²) in [5.74, 6) is 0.163. The fourth-order valence-electron chi connectivity index (χ4n) is 2.63. The van der Waals surface area contributed by atoms with Gasteiger partial charge in [-0.25, -0.2) is 4.98 Å². The Kier molecular flexibility index (Phi) is 4.73. The normalized spacial score (nSPS) is 26.3. The van der Waals surface area contributed by atoms with Crippen LogP contribution in [0.5, 0.6) is 0 Å². The fraction of sp³-hybridized carbons (Fsp3) is 0.714. The van der Waals surface area contributed by atoms with Crippen molar-refractivity contribution in [3.63, 3.8) is 0 Å². The summed E-state index contributed by atoms with van der Waals surface area (Å²) in [5.41, 5.74) is 0. The highest BCUT2D eigenvalue weighted by Gasteiger charge is 2.25. The monoisotopic (exact) mass is 263 g/mol. The van der Waals surface area contributed by atoms with Gasteiger partial charge >= 0.3 is 0 Å².